The molecule has 0 aromatic heterocycles. The molecule has 2 aliphatic heterocycles. The van der Waals surface area contributed by atoms with Gasteiger partial charge in [-0.05, 0) is 138 Å². The Bertz CT molecular complexity index is 1740. The summed E-state index contributed by atoms with van der Waals surface area (Å²) in [6.07, 6.45) is 4.06. The van der Waals surface area contributed by atoms with Gasteiger partial charge in [-0.3, -0.25) is 4.90 Å². The minimum atomic E-state index is -0.141. The van der Waals surface area contributed by atoms with Crippen molar-refractivity contribution in [3.8, 4) is 29.1 Å². The van der Waals surface area contributed by atoms with E-state index in [0.29, 0.717) is 24.5 Å². The Morgan fingerprint density at radius 2 is 1.17 bits per heavy atom. The minimum Gasteiger partial charge on any atom is -0.493 e. The van der Waals surface area contributed by atoms with E-state index in [4.69, 9.17) is 54.0 Å². The van der Waals surface area contributed by atoms with E-state index < -0.39 is 0 Å². The fourth-order valence-electron chi connectivity index (χ4n) is 5.68. The van der Waals surface area contributed by atoms with E-state index in [0.717, 1.165) is 96.8 Å². The number of piperidine rings is 2. The molecule has 0 radical (unpaired) electrons. The van der Waals surface area contributed by atoms with Crippen LogP contribution in [0, 0.1) is 17.9 Å². The Hall–Kier alpha value is -3.67. The molecule has 2 heterocycles. The van der Waals surface area contributed by atoms with Crippen LogP contribution in [0.25, 0.3) is 4.85 Å². The molecule has 2 aliphatic rings. The highest BCUT2D eigenvalue weighted by atomic mass is 79.9. The summed E-state index contributed by atoms with van der Waals surface area (Å²) in [5.74, 6) is 3.39. The summed E-state index contributed by atoms with van der Waals surface area (Å²) in [5, 5.41) is 14.4. The molecule has 0 amide bonds. The molecule has 4 aromatic rings. The number of ether oxygens (including phenoxy) is 4. The molecule has 54 heavy (non-hydrogen) atoms. The van der Waals surface area contributed by atoms with Gasteiger partial charge in [-0.25, -0.2) is 4.85 Å². The van der Waals surface area contributed by atoms with Crippen LogP contribution in [0.1, 0.15) is 45.1 Å². The van der Waals surface area contributed by atoms with Gasteiger partial charge in [0.1, 0.15) is 40.8 Å². The molecule has 0 saturated carbocycles. The molecule has 288 valence electrons. The van der Waals surface area contributed by atoms with Gasteiger partial charge in [-0.1, -0.05) is 51.3 Å². The highest BCUT2D eigenvalue weighted by molar-refractivity contribution is 9.09. The number of nitriles is 1. The van der Waals surface area contributed by atoms with Gasteiger partial charge >= 0.3 is 0 Å². The number of alkyl halides is 1. The number of hydrogen-bond acceptors (Lipinski definition) is 7. The first-order valence-corrected chi connectivity index (χ1v) is 19.6. The Morgan fingerprint density at radius 3 is 1.63 bits per heavy atom. The highest BCUT2D eigenvalue weighted by Gasteiger charge is 2.32. The summed E-state index contributed by atoms with van der Waals surface area (Å²) in [7, 11) is 0. The van der Waals surface area contributed by atoms with Gasteiger partial charge in [0.15, 0.2) is 5.69 Å². The van der Waals surface area contributed by atoms with Crippen LogP contribution >= 0.6 is 51.5 Å². The van der Waals surface area contributed by atoms with Crippen molar-refractivity contribution < 1.29 is 18.9 Å². The smallest absolute Gasteiger partial charge is 0.187 e. The van der Waals surface area contributed by atoms with Crippen molar-refractivity contribution in [1.29, 1.82) is 5.26 Å². The topological polar surface area (TPSA) is 80.3 Å². The molecule has 0 spiro atoms. The molecular weight excluding hydrogens is 811 g/mol. The number of hydrogen-bond donors (Lipinski definition) is 1. The average Bonchev–Trinajstić information content (AvgIpc) is 3.18. The van der Waals surface area contributed by atoms with Crippen molar-refractivity contribution in [1.82, 2.24) is 10.2 Å². The third kappa shape index (κ3) is 16.0. The number of halogens is 4. The molecule has 1 N–H and O–H groups in total. The standard InChI is InChI=1S/C21H23ClN2O2.C12H16ClNO.C9H8BrNO.ClH/c1-21(26-20-8-4-18(22)5-9-20)10-12-24(13-11-21)14-15-25-19-6-2-17(16-23)3-7-19;1-12(6-8-14-9-7-12)15-11-4-2-10(13)3-5-11;1-11-8-2-4-9(5-3-8)12-7-6-10;/h2-9H,10-15H2,1H3;2-5,14H,6-9H2,1H3;2-5H,6-7H2;1H. The van der Waals surface area contributed by atoms with Crippen LogP contribution in [0.2, 0.25) is 10.0 Å². The fourth-order valence-corrected chi connectivity index (χ4v) is 6.09. The zero-order chi connectivity index (χ0) is 37.9. The third-order valence-corrected chi connectivity index (χ3v) is 9.73. The van der Waals surface area contributed by atoms with Gasteiger partial charge in [0.2, 0.25) is 0 Å². The van der Waals surface area contributed by atoms with Crippen LogP contribution in [0.5, 0.6) is 23.0 Å². The molecule has 0 atom stereocenters. The second-order valence-electron chi connectivity index (χ2n) is 13.2. The van der Waals surface area contributed by atoms with Crippen LogP contribution in [-0.2, 0) is 0 Å². The van der Waals surface area contributed by atoms with E-state index in [1.54, 1.807) is 36.4 Å². The van der Waals surface area contributed by atoms with E-state index >= 15 is 0 Å². The van der Waals surface area contributed by atoms with Crippen LogP contribution in [0.15, 0.2) is 97.1 Å². The van der Waals surface area contributed by atoms with Gasteiger partial charge in [-0.2, -0.15) is 5.26 Å². The minimum absolute atomic E-state index is 0. The number of nitrogens with one attached hydrogen (secondary N) is 1. The lowest BCUT2D eigenvalue weighted by atomic mass is 9.93. The van der Waals surface area contributed by atoms with Gasteiger partial charge in [0.25, 0.3) is 0 Å². The SMILES string of the molecule is CC1(Oc2ccc(Cl)cc2)CCN(CCOc2ccc(C#N)cc2)CC1.CC1(Oc2ccc(Cl)cc2)CCNCC1.Cl.[C-]#[N+]c1ccc(OCCBr)cc1. The normalized spacial score (nSPS) is 15.5. The van der Waals surface area contributed by atoms with Crippen molar-refractivity contribution in [2.45, 2.75) is 50.7 Å². The summed E-state index contributed by atoms with van der Waals surface area (Å²) in [4.78, 5) is 5.68. The highest BCUT2D eigenvalue weighted by Crippen LogP contribution is 2.30. The Morgan fingerprint density at radius 1 is 0.722 bits per heavy atom. The largest absolute Gasteiger partial charge is 0.493 e. The van der Waals surface area contributed by atoms with Gasteiger partial charge in [0.05, 0.1) is 24.8 Å². The second-order valence-corrected chi connectivity index (χ2v) is 14.9. The lowest BCUT2D eigenvalue weighted by Crippen LogP contribution is -2.47. The average molecular weight is 859 g/mol. The summed E-state index contributed by atoms with van der Waals surface area (Å²) in [6.45, 7) is 17.3. The molecule has 2 fully saturated rings. The number of rotatable bonds is 11. The summed E-state index contributed by atoms with van der Waals surface area (Å²) < 4.78 is 23.3. The summed E-state index contributed by atoms with van der Waals surface area (Å²) >= 11 is 15.0. The summed E-state index contributed by atoms with van der Waals surface area (Å²) in [6, 6.07) is 31.6. The third-order valence-electron chi connectivity index (χ3n) is 8.90. The van der Waals surface area contributed by atoms with Crippen LogP contribution < -0.4 is 24.3 Å². The van der Waals surface area contributed by atoms with Gasteiger partial charge in [-0.15, -0.1) is 12.4 Å². The number of nitrogens with zero attached hydrogens (tertiary/aromatic N) is 3. The van der Waals surface area contributed by atoms with Crippen molar-refractivity contribution >= 4 is 57.2 Å². The van der Waals surface area contributed by atoms with E-state index in [-0.39, 0.29) is 23.6 Å². The predicted molar refractivity (Wildman–Crippen MR) is 225 cm³/mol. The molecule has 6 rings (SSSR count). The predicted octanol–water partition coefficient (Wildman–Crippen LogP) is 10.8. The molecule has 0 bridgehead atoms. The van der Waals surface area contributed by atoms with Crippen LogP contribution in [0.3, 0.4) is 0 Å². The molecule has 0 aliphatic carbocycles. The van der Waals surface area contributed by atoms with Crippen molar-refractivity contribution in [2.75, 3.05) is 51.3 Å². The lowest BCUT2D eigenvalue weighted by molar-refractivity contribution is 0.0135. The maximum absolute atomic E-state index is 8.81. The van der Waals surface area contributed by atoms with Crippen molar-refractivity contribution in [3.63, 3.8) is 0 Å². The van der Waals surface area contributed by atoms with Crippen molar-refractivity contribution in [2.24, 2.45) is 0 Å². The van der Waals surface area contributed by atoms with Gasteiger partial charge < -0.3 is 24.3 Å². The maximum atomic E-state index is 8.81. The first-order chi connectivity index (χ1) is 25.6. The van der Waals surface area contributed by atoms with E-state index in [9.17, 15) is 0 Å². The molecule has 12 heteroatoms. The number of benzene rings is 4. The van der Waals surface area contributed by atoms with Gasteiger partial charge in [0, 0.05) is 35.0 Å². The van der Waals surface area contributed by atoms with E-state index in [1.165, 1.54) is 0 Å². The van der Waals surface area contributed by atoms with Crippen LogP contribution in [0.4, 0.5) is 5.69 Å². The van der Waals surface area contributed by atoms with E-state index in [2.05, 4.69) is 50.9 Å². The first-order valence-electron chi connectivity index (χ1n) is 17.7. The maximum Gasteiger partial charge on any atom is 0.187 e. The zero-order valence-corrected chi connectivity index (χ0v) is 34.7. The lowest BCUT2D eigenvalue weighted by Gasteiger charge is -2.39. The van der Waals surface area contributed by atoms with Crippen LogP contribution in [-0.4, -0.2) is 67.4 Å². The zero-order valence-electron chi connectivity index (χ0n) is 30.7. The fraction of sp³-hybridized carbons (Fsp3) is 0.381. The van der Waals surface area contributed by atoms with E-state index in [1.807, 2.05) is 60.7 Å². The molecule has 2 saturated heterocycles. The second kappa shape index (κ2) is 23.3. The first kappa shape index (κ1) is 44.7. The Balaban J connectivity index is 0.000000237. The molecule has 8 nitrogen and oxygen atoms in total. The molecule has 0 unspecified atom stereocenters. The molecule has 4 aromatic carbocycles. The quantitative estimate of drug-likeness (QED) is 0.119. The monoisotopic (exact) mass is 856 g/mol. The molecular formula is C42H48BrCl3N4O4. The Labute approximate surface area is 345 Å². The summed E-state index contributed by atoms with van der Waals surface area (Å²) in [5.41, 5.74) is 1.12. The van der Waals surface area contributed by atoms with Crippen molar-refractivity contribution in [3.05, 3.63) is 124 Å². The Kier molecular flexibility index (Phi) is 19.3. The number of likely N-dealkylation sites (tertiary alicyclic amines) is 1.